The molecule has 0 spiro atoms. The standard InChI is InChI=1S/C12H15N5O/c1-10(8-17-7-6-13-9-17)15-12(18)16-11-4-2-3-5-14-11/h2-7,9-10H,8H2,1H3,(H2,14,15,16,18). The fourth-order valence-corrected chi connectivity index (χ4v) is 1.57. The molecular weight excluding hydrogens is 230 g/mol. The first-order chi connectivity index (χ1) is 8.74. The van der Waals surface area contributed by atoms with Crippen LogP contribution in [0.3, 0.4) is 0 Å². The number of anilines is 1. The summed E-state index contributed by atoms with van der Waals surface area (Å²) < 4.78 is 1.91. The summed E-state index contributed by atoms with van der Waals surface area (Å²) in [5.74, 6) is 0.532. The number of pyridine rings is 1. The maximum atomic E-state index is 11.7. The number of imidazole rings is 1. The number of urea groups is 1. The summed E-state index contributed by atoms with van der Waals surface area (Å²) in [5, 5.41) is 5.49. The van der Waals surface area contributed by atoms with Crippen LogP contribution in [-0.4, -0.2) is 26.6 Å². The molecule has 2 heterocycles. The van der Waals surface area contributed by atoms with Crippen LogP contribution < -0.4 is 10.6 Å². The van der Waals surface area contributed by atoms with Crippen LogP contribution in [0.15, 0.2) is 43.1 Å². The lowest BCUT2D eigenvalue weighted by atomic mass is 10.3. The Morgan fingerprint density at radius 1 is 1.44 bits per heavy atom. The second-order valence-corrected chi connectivity index (χ2v) is 3.97. The molecule has 0 fully saturated rings. The van der Waals surface area contributed by atoms with Gasteiger partial charge in [-0.1, -0.05) is 6.07 Å². The molecule has 0 saturated carbocycles. The van der Waals surface area contributed by atoms with Crippen molar-refractivity contribution in [2.24, 2.45) is 0 Å². The summed E-state index contributed by atoms with van der Waals surface area (Å²) in [6.07, 6.45) is 6.91. The first-order valence-electron chi connectivity index (χ1n) is 5.68. The summed E-state index contributed by atoms with van der Waals surface area (Å²) in [6.45, 7) is 2.60. The number of carbonyl (C=O) groups excluding carboxylic acids is 1. The van der Waals surface area contributed by atoms with Crippen molar-refractivity contribution in [1.29, 1.82) is 0 Å². The van der Waals surface area contributed by atoms with Crippen LogP contribution in [-0.2, 0) is 6.54 Å². The monoisotopic (exact) mass is 245 g/mol. The molecule has 1 unspecified atom stereocenters. The van der Waals surface area contributed by atoms with Gasteiger partial charge in [0, 0.05) is 31.2 Å². The molecule has 0 aliphatic heterocycles. The van der Waals surface area contributed by atoms with Crippen LogP contribution in [0.4, 0.5) is 10.6 Å². The van der Waals surface area contributed by atoms with Gasteiger partial charge in [-0.2, -0.15) is 0 Å². The molecule has 1 atom stereocenters. The van der Waals surface area contributed by atoms with E-state index in [1.54, 1.807) is 30.9 Å². The molecule has 6 heteroatoms. The molecule has 2 rings (SSSR count). The van der Waals surface area contributed by atoms with Gasteiger partial charge in [0.1, 0.15) is 5.82 Å². The third-order valence-electron chi connectivity index (χ3n) is 2.33. The summed E-state index contributed by atoms with van der Waals surface area (Å²) >= 11 is 0. The zero-order chi connectivity index (χ0) is 12.8. The Morgan fingerprint density at radius 3 is 3.00 bits per heavy atom. The van der Waals surface area contributed by atoms with Crippen LogP contribution in [0, 0.1) is 0 Å². The molecule has 0 saturated heterocycles. The van der Waals surface area contributed by atoms with Crippen molar-refractivity contribution in [3.05, 3.63) is 43.1 Å². The number of rotatable bonds is 4. The number of nitrogens with one attached hydrogen (secondary N) is 2. The highest BCUT2D eigenvalue weighted by Gasteiger charge is 2.07. The Bertz CT molecular complexity index is 482. The molecule has 6 nitrogen and oxygen atoms in total. The molecular formula is C12H15N5O. The lowest BCUT2D eigenvalue weighted by Gasteiger charge is -2.14. The topological polar surface area (TPSA) is 71.8 Å². The van der Waals surface area contributed by atoms with Gasteiger partial charge in [0.05, 0.1) is 6.33 Å². The zero-order valence-corrected chi connectivity index (χ0v) is 10.1. The number of amides is 2. The second-order valence-electron chi connectivity index (χ2n) is 3.97. The molecule has 0 bridgehead atoms. The van der Waals surface area contributed by atoms with Crippen molar-refractivity contribution in [1.82, 2.24) is 19.9 Å². The predicted octanol–water partition coefficient (Wildman–Crippen LogP) is 1.49. The van der Waals surface area contributed by atoms with Crippen molar-refractivity contribution >= 4 is 11.8 Å². The van der Waals surface area contributed by atoms with Gasteiger partial charge >= 0.3 is 6.03 Å². The summed E-state index contributed by atoms with van der Waals surface area (Å²) in [7, 11) is 0. The van der Waals surface area contributed by atoms with Gasteiger partial charge in [-0.25, -0.2) is 14.8 Å². The third kappa shape index (κ3) is 3.58. The molecule has 18 heavy (non-hydrogen) atoms. The van der Waals surface area contributed by atoms with Crippen LogP contribution in [0.2, 0.25) is 0 Å². The van der Waals surface area contributed by atoms with Gasteiger partial charge in [0.25, 0.3) is 0 Å². The molecule has 0 aromatic carbocycles. The summed E-state index contributed by atoms with van der Waals surface area (Å²) in [6, 6.07) is 5.09. The molecule has 2 aromatic heterocycles. The highest BCUT2D eigenvalue weighted by atomic mass is 16.2. The van der Waals surface area contributed by atoms with Gasteiger partial charge in [-0.3, -0.25) is 5.32 Å². The van der Waals surface area contributed by atoms with Gasteiger partial charge in [0.2, 0.25) is 0 Å². The van der Waals surface area contributed by atoms with Crippen molar-refractivity contribution in [2.45, 2.75) is 19.5 Å². The van der Waals surface area contributed by atoms with E-state index in [0.717, 1.165) is 0 Å². The maximum absolute atomic E-state index is 11.7. The minimum absolute atomic E-state index is 0.00270. The molecule has 0 radical (unpaired) electrons. The normalized spacial score (nSPS) is 11.8. The van der Waals surface area contributed by atoms with Gasteiger partial charge in [0.15, 0.2) is 0 Å². The van der Waals surface area contributed by atoms with Gasteiger partial charge in [-0.05, 0) is 19.1 Å². The number of hydrogen-bond donors (Lipinski definition) is 2. The van der Waals surface area contributed by atoms with Crippen molar-refractivity contribution < 1.29 is 4.79 Å². The van der Waals surface area contributed by atoms with E-state index in [2.05, 4.69) is 20.6 Å². The summed E-state index contributed by atoms with van der Waals surface area (Å²) in [5.41, 5.74) is 0. The van der Waals surface area contributed by atoms with Crippen molar-refractivity contribution in [3.8, 4) is 0 Å². The molecule has 0 aliphatic carbocycles. The molecule has 94 valence electrons. The number of hydrogen-bond acceptors (Lipinski definition) is 3. The fraction of sp³-hybridized carbons (Fsp3) is 0.250. The Kier molecular flexibility index (Phi) is 3.90. The minimum atomic E-state index is -0.263. The second kappa shape index (κ2) is 5.81. The van der Waals surface area contributed by atoms with Crippen molar-refractivity contribution in [2.75, 3.05) is 5.32 Å². The highest BCUT2D eigenvalue weighted by Crippen LogP contribution is 1.99. The van der Waals surface area contributed by atoms with Crippen molar-refractivity contribution in [3.63, 3.8) is 0 Å². The summed E-state index contributed by atoms with van der Waals surface area (Å²) in [4.78, 5) is 19.6. The Morgan fingerprint density at radius 2 is 2.33 bits per heavy atom. The van der Waals surface area contributed by atoms with E-state index in [9.17, 15) is 4.79 Å². The number of aromatic nitrogens is 3. The fourth-order valence-electron chi connectivity index (χ4n) is 1.57. The van der Waals surface area contributed by atoms with E-state index in [-0.39, 0.29) is 12.1 Å². The number of nitrogens with zero attached hydrogens (tertiary/aromatic N) is 3. The van der Waals surface area contributed by atoms with Crippen LogP contribution >= 0.6 is 0 Å². The van der Waals surface area contributed by atoms with E-state index >= 15 is 0 Å². The van der Waals surface area contributed by atoms with E-state index in [1.807, 2.05) is 23.8 Å². The average Bonchev–Trinajstić information content (AvgIpc) is 2.82. The highest BCUT2D eigenvalue weighted by molar-refractivity contribution is 5.88. The van der Waals surface area contributed by atoms with Gasteiger partial charge < -0.3 is 9.88 Å². The van der Waals surface area contributed by atoms with Crippen LogP contribution in [0.5, 0.6) is 0 Å². The lowest BCUT2D eigenvalue weighted by molar-refractivity contribution is 0.248. The molecule has 0 aliphatic rings. The smallest absolute Gasteiger partial charge is 0.320 e. The largest absolute Gasteiger partial charge is 0.335 e. The zero-order valence-electron chi connectivity index (χ0n) is 10.1. The van der Waals surface area contributed by atoms with E-state index < -0.39 is 0 Å². The number of carbonyl (C=O) groups is 1. The van der Waals surface area contributed by atoms with E-state index in [0.29, 0.717) is 12.4 Å². The molecule has 2 aromatic rings. The van der Waals surface area contributed by atoms with E-state index in [4.69, 9.17) is 0 Å². The Balaban J connectivity index is 1.80. The van der Waals surface area contributed by atoms with Crippen LogP contribution in [0.1, 0.15) is 6.92 Å². The SMILES string of the molecule is CC(Cn1ccnc1)NC(=O)Nc1ccccn1. The minimum Gasteiger partial charge on any atom is -0.335 e. The first kappa shape index (κ1) is 12.1. The maximum Gasteiger partial charge on any atom is 0.320 e. The first-order valence-corrected chi connectivity index (χ1v) is 5.68. The molecule has 2 amide bonds. The van der Waals surface area contributed by atoms with Crippen LogP contribution in [0.25, 0.3) is 0 Å². The lowest BCUT2D eigenvalue weighted by Crippen LogP contribution is -2.38. The predicted molar refractivity (Wildman–Crippen MR) is 68.1 cm³/mol. The Hall–Kier alpha value is -2.37. The third-order valence-corrected chi connectivity index (χ3v) is 2.33. The van der Waals surface area contributed by atoms with Gasteiger partial charge in [-0.15, -0.1) is 0 Å². The quantitative estimate of drug-likeness (QED) is 0.857. The molecule has 2 N–H and O–H groups in total. The van der Waals surface area contributed by atoms with E-state index in [1.165, 1.54) is 0 Å². The Labute approximate surface area is 105 Å². The average molecular weight is 245 g/mol.